The lowest BCUT2D eigenvalue weighted by Gasteiger charge is -2.09. The molecular weight excluding hydrogens is 376 g/mol. The van der Waals surface area contributed by atoms with Gasteiger partial charge in [0.15, 0.2) is 0 Å². The molecule has 0 atom stereocenters. The molecular formula is C18H20BrClN2O. The van der Waals surface area contributed by atoms with Crippen molar-refractivity contribution in [2.24, 2.45) is 0 Å². The zero-order chi connectivity index (χ0) is 16.7. The van der Waals surface area contributed by atoms with Crippen molar-refractivity contribution in [2.75, 3.05) is 18.4 Å². The molecule has 0 heterocycles. The number of anilines is 1. The maximum Gasteiger partial charge on any atom is 0.221 e. The third-order valence-corrected chi connectivity index (χ3v) is 4.63. The molecule has 0 radical (unpaired) electrons. The highest BCUT2D eigenvalue weighted by molar-refractivity contribution is 9.10. The lowest BCUT2D eigenvalue weighted by Crippen LogP contribution is -2.27. The fraction of sp³-hybridized carbons (Fsp3) is 0.278. The fourth-order valence-electron chi connectivity index (χ4n) is 2.16. The molecule has 23 heavy (non-hydrogen) atoms. The van der Waals surface area contributed by atoms with Crippen molar-refractivity contribution in [2.45, 2.75) is 19.8 Å². The van der Waals surface area contributed by atoms with Gasteiger partial charge in [0.25, 0.3) is 0 Å². The molecule has 122 valence electrons. The summed E-state index contributed by atoms with van der Waals surface area (Å²) in [7, 11) is 0. The fourth-order valence-corrected chi connectivity index (χ4v) is 2.53. The van der Waals surface area contributed by atoms with E-state index < -0.39 is 0 Å². The van der Waals surface area contributed by atoms with Crippen LogP contribution < -0.4 is 10.6 Å². The first-order valence-corrected chi connectivity index (χ1v) is 8.73. The summed E-state index contributed by atoms with van der Waals surface area (Å²) in [5.41, 5.74) is 3.36. The Morgan fingerprint density at radius 3 is 2.57 bits per heavy atom. The highest BCUT2D eigenvalue weighted by Crippen LogP contribution is 2.19. The van der Waals surface area contributed by atoms with Gasteiger partial charge in [0.1, 0.15) is 0 Å². The van der Waals surface area contributed by atoms with E-state index in [1.165, 1.54) is 5.56 Å². The van der Waals surface area contributed by atoms with E-state index in [2.05, 4.69) is 32.6 Å². The minimum absolute atomic E-state index is 0.0558. The molecule has 0 aromatic heterocycles. The molecule has 0 aliphatic heterocycles. The van der Waals surface area contributed by atoms with E-state index in [1.54, 1.807) is 0 Å². The van der Waals surface area contributed by atoms with Gasteiger partial charge in [0, 0.05) is 34.7 Å². The van der Waals surface area contributed by atoms with Gasteiger partial charge in [-0.3, -0.25) is 4.79 Å². The zero-order valence-corrected chi connectivity index (χ0v) is 15.4. The summed E-state index contributed by atoms with van der Waals surface area (Å²) in [6.45, 7) is 3.30. The van der Waals surface area contributed by atoms with Gasteiger partial charge < -0.3 is 10.6 Å². The summed E-state index contributed by atoms with van der Waals surface area (Å²) in [4.78, 5) is 11.8. The van der Waals surface area contributed by atoms with Gasteiger partial charge in [-0.2, -0.15) is 0 Å². The Bertz CT molecular complexity index is 659. The normalized spacial score (nSPS) is 10.4. The maximum atomic E-state index is 11.8. The number of amides is 1. The molecule has 0 fully saturated rings. The highest BCUT2D eigenvalue weighted by atomic mass is 79.9. The monoisotopic (exact) mass is 394 g/mol. The average Bonchev–Trinajstić information content (AvgIpc) is 2.53. The summed E-state index contributed by atoms with van der Waals surface area (Å²) < 4.78 is 1.09. The molecule has 2 N–H and O–H groups in total. The van der Waals surface area contributed by atoms with Crippen molar-refractivity contribution < 1.29 is 4.79 Å². The van der Waals surface area contributed by atoms with Crippen LogP contribution in [0.2, 0.25) is 5.02 Å². The topological polar surface area (TPSA) is 41.1 Å². The highest BCUT2D eigenvalue weighted by Gasteiger charge is 2.02. The number of aryl methyl sites for hydroxylation is 1. The summed E-state index contributed by atoms with van der Waals surface area (Å²) in [5.74, 6) is 0.0558. The molecule has 0 saturated carbocycles. The number of benzene rings is 2. The second-order valence-electron chi connectivity index (χ2n) is 5.37. The molecule has 2 aromatic carbocycles. The van der Waals surface area contributed by atoms with Gasteiger partial charge in [-0.25, -0.2) is 0 Å². The van der Waals surface area contributed by atoms with Gasteiger partial charge in [0.2, 0.25) is 5.91 Å². The summed E-state index contributed by atoms with van der Waals surface area (Å²) in [6, 6.07) is 13.7. The Morgan fingerprint density at radius 2 is 1.87 bits per heavy atom. The molecule has 0 aliphatic carbocycles. The van der Waals surface area contributed by atoms with E-state index in [4.69, 9.17) is 11.6 Å². The SMILES string of the molecule is Cc1cc(NCCC(=O)NCCc2ccc(Cl)cc2)ccc1Br. The van der Waals surface area contributed by atoms with E-state index in [-0.39, 0.29) is 5.91 Å². The molecule has 0 aliphatic rings. The summed E-state index contributed by atoms with van der Waals surface area (Å²) in [5, 5.41) is 6.92. The van der Waals surface area contributed by atoms with Crippen molar-refractivity contribution in [1.82, 2.24) is 5.32 Å². The zero-order valence-electron chi connectivity index (χ0n) is 13.0. The number of rotatable bonds is 7. The Balaban J connectivity index is 1.65. The van der Waals surface area contributed by atoms with E-state index >= 15 is 0 Å². The van der Waals surface area contributed by atoms with Crippen LogP contribution in [0.25, 0.3) is 0 Å². The van der Waals surface area contributed by atoms with Gasteiger partial charge in [-0.1, -0.05) is 39.7 Å². The number of hydrogen-bond donors (Lipinski definition) is 2. The van der Waals surface area contributed by atoms with Crippen LogP contribution in [0.4, 0.5) is 5.69 Å². The van der Waals surface area contributed by atoms with Crippen LogP contribution >= 0.6 is 27.5 Å². The molecule has 2 rings (SSSR count). The first-order valence-electron chi connectivity index (χ1n) is 7.56. The Kier molecular flexibility index (Phi) is 6.93. The van der Waals surface area contributed by atoms with E-state index in [1.807, 2.05) is 43.3 Å². The van der Waals surface area contributed by atoms with Crippen molar-refractivity contribution >= 4 is 39.1 Å². The van der Waals surface area contributed by atoms with Crippen molar-refractivity contribution in [1.29, 1.82) is 0 Å². The van der Waals surface area contributed by atoms with E-state index in [0.717, 1.165) is 27.2 Å². The Morgan fingerprint density at radius 1 is 1.13 bits per heavy atom. The molecule has 0 bridgehead atoms. The van der Waals surface area contributed by atoms with Crippen molar-refractivity contribution in [3.8, 4) is 0 Å². The number of halogens is 2. The number of carbonyl (C=O) groups excluding carboxylic acids is 1. The first-order chi connectivity index (χ1) is 11.0. The van der Waals surface area contributed by atoms with E-state index in [9.17, 15) is 4.79 Å². The minimum atomic E-state index is 0.0558. The molecule has 1 amide bonds. The van der Waals surface area contributed by atoms with Crippen LogP contribution in [0.5, 0.6) is 0 Å². The maximum absolute atomic E-state index is 11.8. The van der Waals surface area contributed by atoms with Crippen molar-refractivity contribution in [3.05, 3.63) is 63.1 Å². The summed E-state index contributed by atoms with van der Waals surface area (Å²) in [6.07, 6.45) is 1.26. The van der Waals surface area contributed by atoms with Crippen LogP contribution in [0.15, 0.2) is 46.9 Å². The van der Waals surface area contributed by atoms with Gasteiger partial charge in [-0.15, -0.1) is 0 Å². The Labute approximate surface area is 150 Å². The lowest BCUT2D eigenvalue weighted by atomic mass is 10.1. The average molecular weight is 396 g/mol. The standard InChI is InChI=1S/C18H20BrClN2O/c1-13-12-16(6-7-17(13)19)21-11-9-18(23)22-10-8-14-2-4-15(20)5-3-14/h2-7,12,21H,8-11H2,1H3,(H,22,23). The molecule has 0 spiro atoms. The second kappa shape index (κ2) is 8.94. The van der Waals surface area contributed by atoms with Crippen LogP contribution in [-0.4, -0.2) is 19.0 Å². The first kappa shape index (κ1) is 17.8. The van der Waals surface area contributed by atoms with E-state index in [0.29, 0.717) is 19.5 Å². The van der Waals surface area contributed by atoms with Crippen LogP contribution in [0.1, 0.15) is 17.5 Å². The number of hydrogen-bond acceptors (Lipinski definition) is 2. The van der Waals surface area contributed by atoms with Gasteiger partial charge in [0.05, 0.1) is 0 Å². The van der Waals surface area contributed by atoms with Crippen LogP contribution in [0, 0.1) is 6.92 Å². The third kappa shape index (κ3) is 6.24. The molecule has 0 saturated heterocycles. The largest absolute Gasteiger partial charge is 0.385 e. The third-order valence-electron chi connectivity index (χ3n) is 3.49. The lowest BCUT2D eigenvalue weighted by molar-refractivity contribution is -0.120. The second-order valence-corrected chi connectivity index (χ2v) is 6.66. The predicted molar refractivity (Wildman–Crippen MR) is 100 cm³/mol. The predicted octanol–water partition coefficient (Wildman–Crippen LogP) is 4.57. The number of carbonyl (C=O) groups is 1. The molecule has 5 heteroatoms. The quantitative estimate of drug-likeness (QED) is 0.721. The van der Waals surface area contributed by atoms with Crippen LogP contribution in [0.3, 0.4) is 0 Å². The number of nitrogens with one attached hydrogen (secondary N) is 2. The summed E-state index contributed by atoms with van der Waals surface area (Å²) >= 11 is 9.32. The molecule has 2 aromatic rings. The smallest absolute Gasteiger partial charge is 0.221 e. The van der Waals surface area contributed by atoms with Gasteiger partial charge in [-0.05, 0) is 54.8 Å². The molecule has 0 unspecified atom stereocenters. The Hall–Kier alpha value is -1.52. The van der Waals surface area contributed by atoms with Crippen LogP contribution in [-0.2, 0) is 11.2 Å². The minimum Gasteiger partial charge on any atom is -0.385 e. The molecule has 3 nitrogen and oxygen atoms in total. The van der Waals surface area contributed by atoms with Gasteiger partial charge >= 0.3 is 0 Å². The van der Waals surface area contributed by atoms with Crippen molar-refractivity contribution in [3.63, 3.8) is 0 Å².